The van der Waals surface area contributed by atoms with Crippen LogP contribution in [0.3, 0.4) is 0 Å². The second-order valence-corrected chi connectivity index (χ2v) is 4.23. The highest BCUT2D eigenvalue weighted by atomic mass is 19.4. The van der Waals surface area contributed by atoms with Gasteiger partial charge >= 0.3 is 6.18 Å². The molecule has 0 saturated carbocycles. The minimum Gasteiger partial charge on any atom is -0.344 e. The molecule has 0 aliphatic carbocycles. The number of hydrogen-bond acceptors (Lipinski definition) is 2. The number of hydrogen-bond donors (Lipinski definition) is 0. The molecule has 2 rings (SSSR count). The van der Waals surface area contributed by atoms with Crippen molar-refractivity contribution in [3.05, 3.63) is 53.9 Å². The molecule has 0 atom stereocenters. The van der Waals surface area contributed by atoms with Gasteiger partial charge in [0.25, 0.3) is 0 Å². The van der Waals surface area contributed by atoms with E-state index in [0.717, 1.165) is 11.8 Å². The Morgan fingerprint density at radius 3 is 2.42 bits per heavy atom. The molecule has 0 saturated heterocycles. The molecular weight excluding hydrogens is 253 g/mol. The molecule has 0 aliphatic heterocycles. The third-order valence-corrected chi connectivity index (χ3v) is 2.84. The first kappa shape index (κ1) is 13.4. The summed E-state index contributed by atoms with van der Waals surface area (Å²) < 4.78 is 38.9. The standard InChI is InChI=1S/C14H13F3N2/c1-10-9-11(7-8-18-10)19(2)13-6-4-3-5-12(13)14(15,16)17/h3-9H,1-2H3. The van der Waals surface area contributed by atoms with Crippen LogP contribution in [0.1, 0.15) is 11.3 Å². The van der Waals surface area contributed by atoms with E-state index in [9.17, 15) is 13.2 Å². The van der Waals surface area contributed by atoms with Crippen molar-refractivity contribution in [1.29, 1.82) is 0 Å². The van der Waals surface area contributed by atoms with E-state index in [1.54, 1.807) is 38.4 Å². The van der Waals surface area contributed by atoms with Crippen LogP contribution in [0, 0.1) is 6.92 Å². The molecule has 0 fully saturated rings. The third kappa shape index (κ3) is 2.86. The highest BCUT2D eigenvalue weighted by Crippen LogP contribution is 2.38. The molecule has 1 aromatic carbocycles. The molecule has 0 aliphatic rings. The van der Waals surface area contributed by atoms with Crippen LogP contribution in [-0.4, -0.2) is 12.0 Å². The van der Waals surface area contributed by atoms with E-state index >= 15 is 0 Å². The van der Waals surface area contributed by atoms with Gasteiger partial charge in [-0.05, 0) is 31.2 Å². The largest absolute Gasteiger partial charge is 0.418 e. The van der Waals surface area contributed by atoms with Crippen molar-refractivity contribution in [2.24, 2.45) is 0 Å². The topological polar surface area (TPSA) is 16.1 Å². The fourth-order valence-electron chi connectivity index (χ4n) is 1.88. The Morgan fingerprint density at radius 1 is 1.11 bits per heavy atom. The summed E-state index contributed by atoms with van der Waals surface area (Å²) in [5.74, 6) is 0. The second kappa shape index (κ2) is 4.91. The van der Waals surface area contributed by atoms with Gasteiger partial charge in [-0.1, -0.05) is 12.1 Å². The SMILES string of the molecule is Cc1cc(N(C)c2ccccc2C(F)(F)F)ccn1. The van der Waals surface area contributed by atoms with Gasteiger partial charge in [0.15, 0.2) is 0 Å². The Kier molecular flexibility index (Phi) is 3.46. The summed E-state index contributed by atoms with van der Waals surface area (Å²) >= 11 is 0. The van der Waals surface area contributed by atoms with Gasteiger partial charge in [-0.25, -0.2) is 0 Å². The maximum absolute atomic E-state index is 13.0. The van der Waals surface area contributed by atoms with Crippen LogP contribution >= 0.6 is 0 Å². The van der Waals surface area contributed by atoms with Crippen molar-refractivity contribution in [3.63, 3.8) is 0 Å². The number of benzene rings is 1. The first-order valence-corrected chi connectivity index (χ1v) is 5.72. The zero-order chi connectivity index (χ0) is 14.0. The molecule has 5 heteroatoms. The quantitative estimate of drug-likeness (QED) is 0.810. The lowest BCUT2D eigenvalue weighted by molar-refractivity contribution is -0.137. The summed E-state index contributed by atoms with van der Waals surface area (Å²) in [5.41, 5.74) is 0.908. The molecular formula is C14H13F3N2. The average molecular weight is 266 g/mol. The van der Waals surface area contributed by atoms with Gasteiger partial charge < -0.3 is 4.90 Å². The molecule has 100 valence electrons. The normalized spacial score (nSPS) is 11.4. The van der Waals surface area contributed by atoms with Gasteiger partial charge in [0.05, 0.1) is 11.3 Å². The lowest BCUT2D eigenvalue weighted by atomic mass is 10.1. The fraction of sp³-hybridized carbons (Fsp3) is 0.214. The molecule has 0 bridgehead atoms. The number of halogens is 3. The van der Waals surface area contributed by atoms with Crippen molar-refractivity contribution < 1.29 is 13.2 Å². The Hall–Kier alpha value is -2.04. The molecule has 0 radical (unpaired) electrons. The number of nitrogens with zero attached hydrogens (tertiary/aromatic N) is 2. The summed E-state index contributed by atoms with van der Waals surface area (Å²) in [6.07, 6.45) is -2.79. The van der Waals surface area contributed by atoms with Gasteiger partial charge in [-0.2, -0.15) is 13.2 Å². The second-order valence-electron chi connectivity index (χ2n) is 4.23. The highest BCUT2D eigenvalue weighted by molar-refractivity contribution is 5.66. The zero-order valence-corrected chi connectivity index (χ0v) is 10.6. The summed E-state index contributed by atoms with van der Waals surface area (Å²) in [7, 11) is 1.61. The first-order chi connectivity index (χ1) is 8.89. The number of para-hydroxylation sites is 1. The van der Waals surface area contributed by atoms with Gasteiger partial charge in [0.1, 0.15) is 0 Å². The third-order valence-electron chi connectivity index (χ3n) is 2.84. The number of alkyl halides is 3. The Morgan fingerprint density at radius 2 is 1.79 bits per heavy atom. The molecule has 0 amide bonds. The Bertz CT molecular complexity index is 579. The fourth-order valence-corrected chi connectivity index (χ4v) is 1.88. The molecule has 1 aromatic heterocycles. The zero-order valence-electron chi connectivity index (χ0n) is 10.6. The van der Waals surface area contributed by atoms with Gasteiger partial charge in [0.2, 0.25) is 0 Å². The van der Waals surface area contributed by atoms with Crippen LogP contribution < -0.4 is 4.90 Å². The van der Waals surface area contributed by atoms with Gasteiger partial charge in [-0.3, -0.25) is 4.98 Å². The molecule has 0 unspecified atom stereocenters. The Balaban J connectivity index is 2.48. The monoisotopic (exact) mass is 266 g/mol. The smallest absolute Gasteiger partial charge is 0.344 e. The number of rotatable bonds is 2. The molecule has 2 nitrogen and oxygen atoms in total. The molecule has 1 heterocycles. The van der Waals surface area contributed by atoms with E-state index < -0.39 is 11.7 Å². The summed E-state index contributed by atoms with van der Waals surface area (Å²) in [4.78, 5) is 5.55. The number of aryl methyl sites for hydroxylation is 1. The minimum absolute atomic E-state index is 0.126. The van der Waals surface area contributed by atoms with E-state index in [0.29, 0.717) is 5.69 Å². The lowest BCUT2D eigenvalue weighted by Crippen LogP contribution is -2.16. The summed E-state index contributed by atoms with van der Waals surface area (Å²) in [6, 6.07) is 8.94. The molecule has 2 aromatic rings. The highest BCUT2D eigenvalue weighted by Gasteiger charge is 2.34. The van der Waals surface area contributed by atoms with Crippen molar-refractivity contribution >= 4 is 11.4 Å². The van der Waals surface area contributed by atoms with Crippen LogP contribution in [-0.2, 0) is 6.18 Å². The number of pyridine rings is 1. The van der Waals surface area contributed by atoms with Gasteiger partial charge in [-0.15, -0.1) is 0 Å². The van der Waals surface area contributed by atoms with Crippen molar-refractivity contribution in [3.8, 4) is 0 Å². The first-order valence-electron chi connectivity index (χ1n) is 5.72. The van der Waals surface area contributed by atoms with Crippen LogP contribution in [0.5, 0.6) is 0 Å². The number of anilines is 2. The predicted octanol–water partition coefficient (Wildman–Crippen LogP) is 4.18. The molecule has 0 N–H and O–H groups in total. The lowest BCUT2D eigenvalue weighted by Gasteiger charge is -2.23. The van der Waals surface area contributed by atoms with Crippen LogP contribution in [0.15, 0.2) is 42.6 Å². The maximum Gasteiger partial charge on any atom is 0.418 e. The maximum atomic E-state index is 13.0. The van der Waals surface area contributed by atoms with Crippen molar-refractivity contribution in [2.75, 3.05) is 11.9 Å². The van der Waals surface area contributed by atoms with E-state index in [2.05, 4.69) is 4.98 Å². The van der Waals surface area contributed by atoms with Crippen LogP contribution in [0.25, 0.3) is 0 Å². The van der Waals surface area contributed by atoms with E-state index in [1.165, 1.54) is 17.0 Å². The minimum atomic E-state index is -4.37. The van der Waals surface area contributed by atoms with Crippen LogP contribution in [0.4, 0.5) is 24.5 Å². The van der Waals surface area contributed by atoms with E-state index in [1.807, 2.05) is 0 Å². The van der Waals surface area contributed by atoms with Crippen LogP contribution in [0.2, 0.25) is 0 Å². The number of aromatic nitrogens is 1. The molecule has 0 spiro atoms. The van der Waals surface area contributed by atoms with Gasteiger partial charge in [0, 0.05) is 24.6 Å². The summed E-state index contributed by atoms with van der Waals surface area (Å²) in [5, 5.41) is 0. The van der Waals surface area contributed by atoms with E-state index in [4.69, 9.17) is 0 Å². The van der Waals surface area contributed by atoms with Crippen molar-refractivity contribution in [2.45, 2.75) is 13.1 Å². The molecule has 19 heavy (non-hydrogen) atoms. The Labute approximate surface area is 109 Å². The summed E-state index contributed by atoms with van der Waals surface area (Å²) in [6.45, 7) is 1.80. The van der Waals surface area contributed by atoms with Crippen molar-refractivity contribution in [1.82, 2.24) is 4.98 Å². The average Bonchev–Trinajstić information content (AvgIpc) is 2.37. The van der Waals surface area contributed by atoms with E-state index in [-0.39, 0.29) is 5.69 Å². The predicted molar refractivity (Wildman–Crippen MR) is 68.5 cm³/mol.